The van der Waals surface area contributed by atoms with Crippen LogP contribution in [0.3, 0.4) is 0 Å². The molecule has 0 aliphatic heterocycles. The summed E-state index contributed by atoms with van der Waals surface area (Å²) in [5.74, 6) is 0.287. The van der Waals surface area contributed by atoms with Gasteiger partial charge >= 0.3 is 0 Å². The van der Waals surface area contributed by atoms with Crippen LogP contribution in [0.4, 0.5) is 0 Å². The zero-order valence-corrected chi connectivity index (χ0v) is 18.1. The molecule has 1 aliphatic rings. The fourth-order valence-electron chi connectivity index (χ4n) is 3.68. The van der Waals surface area contributed by atoms with E-state index in [4.69, 9.17) is 4.74 Å². The molecule has 7 nitrogen and oxygen atoms in total. The SMILES string of the molecule is CCOc1ccc(S(=O)(=O)N(CC(=O)NCc2ccccn2)C2CCCCC2)cc1. The van der Waals surface area contributed by atoms with Crippen molar-refractivity contribution in [2.24, 2.45) is 0 Å². The Balaban J connectivity index is 1.76. The summed E-state index contributed by atoms with van der Waals surface area (Å²) in [4.78, 5) is 17.0. The molecule has 0 atom stereocenters. The van der Waals surface area contributed by atoms with Gasteiger partial charge in [-0.05, 0) is 56.2 Å². The Kier molecular flexibility index (Phi) is 7.81. The van der Waals surface area contributed by atoms with Crippen LogP contribution < -0.4 is 10.1 Å². The minimum absolute atomic E-state index is 0.170. The molecule has 1 fully saturated rings. The first-order valence-electron chi connectivity index (χ1n) is 10.4. The molecule has 0 saturated heterocycles. The molecule has 0 radical (unpaired) electrons. The molecule has 0 unspecified atom stereocenters. The number of rotatable bonds is 9. The van der Waals surface area contributed by atoms with Crippen LogP contribution in [0.25, 0.3) is 0 Å². The molecule has 1 aromatic carbocycles. The highest BCUT2D eigenvalue weighted by Crippen LogP contribution is 2.28. The Bertz CT molecular complexity index is 911. The summed E-state index contributed by atoms with van der Waals surface area (Å²) in [6.45, 7) is 2.45. The van der Waals surface area contributed by atoms with E-state index >= 15 is 0 Å². The third kappa shape index (κ3) is 5.79. The first kappa shape index (κ1) is 22.2. The number of hydrogen-bond donors (Lipinski definition) is 1. The number of pyridine rings is 1. The van der Waals surface area contributed by atoms with Crippen molar-refractivity contribution in [3.8, 4) is 5.75 Å². The third-order valence-corrected chi connectivity index (χ3v) is 7.13. The van der Waals surface area contributed by atoms with E-state index in [9.17, 15) is 13.2 Å². The zero-order chi connectivity index (χ0) is 21.4. The van der Waals surface area contributed by atoms with Gasteiger partial charge in [0.25, 0.3) is 0 Å². The lowest BCUT2D eigenvalue weighted by Crippen LogP contribution is -2.46. The quantitative estimate of drug-likeness (QED) is 0.659. The van der Waals surface area contributed by atoms with E-state index in [1.807, 2.05) is 19.1 Å². The maximum absolute atomic E-state index is 13.4. The van der Waals surface area contributed by atoms with Gasteiger partial charge in [-0.25, -0.2) is 8.42 Å². The van der Waals surface area contributed by atoms with Gasteiger partial charge in [0, 0.05) is 12.2 Å². The van der Waals surface area contributed by atoms with Crippen molar-refractivity contribution in [2.75, 3.05) is 13.2 Å². The molecule has 1 saturated carbocycles. The first-order valence-corrected chi connectivity index (χ1v) is 11.9. The van der Waals surface area contributed by atoms with Crippen molar-refractivity contribution in [1.29, 1.82) is 0 Å². The van der Waals surface area contributed by atoms with E-state index in [-0.39, 0.29) is 29.9 Å². The number of nitrogens with one attached hydrogen (secondary N) is 1. The van der Waals surface area contributed by atoms with Crippen LogP contribution in [0.1, 0.15) is 44.7 Å². The van der Waals surface area contributed by atoms with Crippen LogP contribution in [0.15, 0.2) is 53.6 Å². The van der Waals surface area contributed by atoms with E-state index in [0.29, 0.717) is 12.4 Å². The molecule has 1 heterocycles. The molecule has 162 valence electrons. The average molecular weight is 432 g/mol. The second-order valence-corrected chi connectivity index (χ2v) is 9.23. The fraction of sp³-hybridized carbons (Fsp3) is 0.455. The molecular weight excluding hydrogens is 402 g/mol. The molecule has 1 N–H and O–H groups in total. The van der Waals surface area contributed by atoms with E-state index in [2.05, 4.69) is 10.3 Å². The number of amides is 1. The van der Waals surface area contributed by atoms with E-state index in [1.165, 1.54) is 4.31 Å². The van der Waals surface area contributed by atoms with Crippen molar-refractivity contribution in [3.63, 3.8) is 0 Å². The smallest absolute Gasteiger partial charge is 0.243 e. The average Bonchev–Trinajstić information content (AvgIpc) is 2.78. The van der Waals surface area contributed by atoms with Crippen LogP contribution >= 0.6 is 0 Å². The highest BCUT2D eigenvalue weighted by Gasteiger charge is 2.34. The van der Waals surface area contributed by atoms with Gasteiger partial charge in [-0.1, -0.05) is 25.3 Å². The summed E-state index contributed by atoms with van der Waals surface area (Å²) in [5.41, 5.74) is 0.726. The highest BCUT2D eigenvalue weighted by molar-refractivity contribution is 7.89. The van der Waals surface area contributed by atoms with Crippen LogP contribution in [0, 0.1) is 0 Å². The summed E-state index contributed by atoms with van der Waals surface area (Å²) in [5, 5.41) is 2.79. The molecule has 1 aliphatic carbocycles. The lowest BCUT2D eigenvalue weighted by molar-refractivity contribution is -0.121. The number of carbonyl (C=O) groups excluding carboxylic acids is 1. The largest absolute Gasteiger partial charge is 0.494 e. The Labute approximate surface area is 178 Å². The number of ether oxygens (including phenoxy) is 1. The molecule has 1 aromatic heterocycles. The van der Waals surface area contributed by atoms with Crippen molar-refractivity contribution in [1.82, 2.24) is 14.6 Å². The predicted octanol–water partition coefficient (Wildman–Crippen LogP) is 3.12. The second-order valence-electron chi connectivity index (χ2n) is 7.34. The molecule has 2 aromatic rings. The second kappa shape index (κ2) is 10.5. The van der Waals surface area contributed by atoms with E-state index in [1.54, 1.807) is 36.5 Å². The predicted molar refractivity (Wildman–Crippen MR) is 114 cm³/mol. The molecule has 0 spiro atoms. The summed E-state index contributed by atoms with van der Waals surface area (Å²) in [6.07, 6.45) is 6.23. The number of hydrogen-bond acceptors (Lipinski definition) is 5. The van der Waals surface area contributed by atoms with Gasteiger partial charge < -0.3 is 10.1 Å². The molecular formula is C22H29N3O4S. The lowest BCUT2D eigenvalue weighted by atomic mass is 9.95. The van der Waals surface area contributed by atoms with Gasteiger partial charge in [-0.15, -0.1) is 0 Å². The van der Waals surface area contributed by atoms with Gasteiger partial charge in [0.1, 0.15) is 5.75 Å². The summed E-state index contributed by atoms with van der Waals surface area (Å²) >= 11 is 0. The van der Waals surface area contributed by atoms with Gasteiger partial charge in [0.05, 0.1) is 30.3 Å². The van der Waals surface area contributed by atoms with Crippen LogP contribution in [0.5, 0.6) is 5.75 Å². The fourth-order valence-corrected chi connectivity index (χ4v) is 5.32. The van der Waals surface area contributed by atoms with Crippen molar-refractivity contribution in [2.45, 2.75) is 56.5 Å². The molecule has 0 bridgehead atoms. The Morgan fingerprint density at radius 1 is 1.13 bits per heavy atom. The van der Waals surface area contributed by atoms with E-state index in [0.717, 1.165) is 37.8 Å². The molecule has 3 rings (SSSR count). The minimum atomic E-state index is -3.81. The third-order valence-electron chi connectivity index (χ3n) is 5.22. The number of carbonyl (C=O) groups is 1. The maximum atomic E-state index is 13.4. The molecule has 8 heteroatoms. The first-order chi connectivity index (χ1) is 14.5. The van der Waals surface area contributed by atoms with Gasteiger partial charge in [-0.2, -0.15) is 4.31 Å². The van der Waals surface area contributed by atoms with Gasteiger partial charge in [0.15, 0.2) is 0 Å². The van der Waals surface area contributed by atoms with E-state index < -0.39 is 10.0 Å². The Morgan fingerprint density at radius 2 is 1.87 bits per heavy atom. The minimum Gasteiger partial charge on any atom is -0.494 e. The monoisotopic (exact) mass is 431 g/mol. The lowest BCUT2D eigenvalue weighted by Gasteiger charge is -2.33. The topological polar surface area (TPSA) is 88.6 Å². The van der Waals surface area contributed by atoms with Gasteiger partial charge in [0.2, 0.25) is 15.9 Å². The van der Waals surface area contributed by atoms with Crippen molar-refractivity contribution in [3.05, 3.63) is 54.4 Å². The molecule has 1 amide bonds. The maximum Gasteiger partial charge on any atom is 0.243 e. The van der Waals surface area contributed by atoms with Crippen LogP contribution in [-0.2, 0) is 21.4 Å². The molecule has 30 heavy (non-hydrogen) atoms. The summed E-state index contributed by atoms with van der Waals surface area (Å²) in [6, 6.07) is 11.7. The number of sulfonamides is 1. The van der Waals surface area contributed by atoms with Gasteiger partial charge in [-0.3, -0.25) is 9.78 Å². The zero-order valence-electron chi connectivity index (χ0n) is 17.3. The number of benzene rings is 1. The van der Waals surface area contributed by atoms with Crippen LogP contribution in [0.2, 0.25) is 0 Å². The van der Waals surface area contributed by atoms with Crippen molar-refractivity contribution < 1.29 is 17.9 Å². The summed E-state index contributed by atoms with van der Waals surface area (Å²) in [7, 11) is -3.81. The van der Waals surface area contributed by atoms with Crippen LogP contribution in [-0.4, -0.2) is 42.8 Å². The number of aromatic nitrogens is 1. The number of nitrogens with zero attached hydrogens (tertiary/aromatic N) is 2. The summed E-state index contributed by atoms with van der Waals surface area (Å²) < 4.78 is 33.6. The van der Waals surface area contributed by atoms with Crippen molar-refractivity contribution >= 4 is 15.9 Å². The highest BCUT2D eigenvalue weighted by atomic mass is 32.2. The normalized spacial score (nSPS) is 15.1. The Hall–Kier alpha value is -2.45. The Morgan fingerprint density at radius 3 is 2.50 bits per heavy atom. The standard InChI is InChI=1S/C22H29N3O4S/c1-2-29-20-11-13-21(14-12-20)30(27,28)25(19-9-4-3-5-10-19)17-22(26)24-16-18-8-6-7-15-23-18/h6-8,11-15,19H,2-5,9-10,16-17H2,1H3,(H,24,26).